The quantitative estimate of drug-likeness (QED) is 0.603. The van der Waals surface area contributed by atoms with Gasteiger partial charge in [0.25, 0.3) is 0 Å². The van der Waals surface area contributed by atoms with E-state index in [9.17, 15) is 4.79 Å². The Morgan fingerprint density at radius 2 is 2.00 bits per heavy atom. The predicted molar refractivity (Wildman–Crippen MR) is 66.3 cm³/mol. The third kappa shape index (κ3) is 2.89. The molecular formula is C13H12O3S. The lowest BCUT2D eigenvalue weighted by atomic mass is 10.1. The highest BCUT2D eigenvalue weighted by molar-refractivity contribution is 8.03. The topological polar surface area (TPSA) is 35.5 Å². The summed E-state index contributed by atoms with van der Waals surface area (Å²) in [6.07, 6.45) is 0.582. The van der Waals surface area contributed by atoms with Crippen LogP contribution in [0.5, 0.6) is 0 Å². The van der Waals surface area contributed by atoms with Gasteiger partial charge in [0.05, 0.1) is 19.0 Å². The molecule has 0 amide bonds. The molecule has 0 unspecified atom stereocenters. The second-order valence-corrected chi connectivity index (χ2v) is 4.25. The minimum atomic E-state index is -0.719. The van der Waals surface area contributed by atoms with E-state index in [1.54, 1.807) is 0 Å². The van der Waals surface area contributed by atoms with Crippen LogP contribution in [0, 0.1) is 11.2 Å². The molecule has 1 aliphatic heterocycles. The molecule has 4 heteroatoms. The molecule has 0 aromatic heterocycles. The monoisotopic (exact) mass is 248 g/mol. The lowest BCUT2D eigenvalue weighted by Crippen LogP contribution is -2.29. The molecule has 88 valence electrons. The van der Waals surface area contributed by atoms with E-state index in [1.165, 1.54) is 11.8 Å². The second kappa shape index (κ2) is 5.87. The van der Waals surface area contributed by atoms with Crippen LogP contribution < -0.4 is 0 Å². The molecule has 1 fully saturated rings. The van der Waals surface area contributed by atoms with E-state index in [2.05, 4.69) is 11.2 Å². The van der Waals surface area contributed by atoms with Crippen LogP contribution in [0.25, 0.3) is 0 Å². The minimum absolute atomic E-state index is 0.553. The normalized spacial score (nSPS) is 17.2. The Labute approximate surface area is 104 Å². The standard InChI is InChI=1S/C13H12O3S/c14-7-4-10-17-11-13(15-8-9-16-13)12-5-2-1-3-6-12/h1-3,5-7H,8-9,11H2. The van der Waals surface area contributed by atoms with Gasteiger partial charge in [-0.05, 0) is 11.2 Å². The largest absolute Gasteiger partial charge is 0.343 e. The second-order valence-electron chi connectivity index (χ2n) is 3.47. The lowest BCUT2D eigenvalue weighted by Gasteiger charge is -2.26. The van der Waals surface area contributed by atoms with Gasteiger partial charge in [-0.25, -0.2) is 0 Å². The van der Waals surface area contributed by atoms with Crippen molar-refractivity contribution in [3.63, 3.8) is 0 Å². The van der Waals surface area contributed by atoms with E-state index >= 15 is 0 Å². The number of carbonyl (C=O) groups excluding carboxylic acids is 1. The van der Waals surface area contributed by atoms with Crippen LogP contribution in [0.2, 0.25) is 0 Å². The number of rotatable bonds is 3. The van der Waals surface area contributed by atoms with E-state index in [1.807, 2.05) is 30.3 Å². The minimum Gasteiger partial charge on any atom is -0.343 e. The zero-order valence-electron chi connectivity index (χ0n) is 9.22. The summed E-state index contributed by atoms with van der Waals surface area (Å²) in [5, 5.41) is 2.70. The zero-order valence-corrected chi connectivity index (χ0v) is 10.0. The van der Waals surface area contributed by atoms with E-state index in [0.29, 0.717) is 25.3 Å². The summed E-state index contributed by atoms with van der Waals surface area (Å²) in [5.74, 6) is 2.20. The zero-order chi connectivity index (χ0) is 12.0. The summed E-state index contributed by atoms with van der Waals surface area (Å²) in [5.41, 5.74) is 0.984. The molecule has 0 atom stereocenters. The van der Waals surface area contributed by atoms with Gasteiger partial charge in [0, 0.05) is 5.56 Å². The molecule has 0 saturated carbocycles. The van der Waals surface area contributed by atoms with Gasteiger partial charge in [0.15, 0.2) is 6.29 Å². The maximum atomic E-state index is 10.1. The first-order chi connectivity index (χ1) is 8.37. The van der Waals surface area contributed by atoms with Gasteiger partial charge in [0.1, 0.15) is 0 Å². The van der Waals surface area contributed by atoms with Gasteiger partial charge in [-0.15, -0.1) is 0 Å². The smallest absolute Gasteiger partial charge is 0.205 e. The molecular weight excluding hydrogens is 236 g/mol. The molecule has 1 aromatic carbocycles. The molecule has 0 spiro atoms. The fourth-order valence-electron chi connectivity index (χ4n) is 1.68. The van der Waals surface area contributed by atoms with E-state index in [4.69, 9.17) is 9.47 Å². The van der Waals surface area contributed by atoms with E-state index in [-0.39, 0.29) is 0 Å². The van der Waals surface area contributed by atoms with Crippen molar-refractivity contribution in [1.82, 2.24) is 0 Å². The first-order valence-electron chi connectivity index (χ1n) is 5.27. The number of ether oxygens (including phenoxy) is 2. The summed E-state index contributed by atoms with van der Waals surface area (Å²) in [6.45, 7) is 1.16. The van der Waals surface area contributed by atoms with Crippen molar-refractivity contribution in [3.8, 4) is 11.2 Å². The van der Waals surface area contributed by atoms with Crippen LogP contribution in [0.4, 0.5) is 0 Å². The average Bonchev–Trinajstić information content (AvgIpc) is 2.86. The van der Waals surface area contributed by atoms with E-state index < -0.39 is 5.79 Å². The van der Waals surface area contributed by atoms with Crippen molar-refractivity contribution in [2.24, 2.45) is 0 Å². The molecule has 0 aliphatic carbocycles. The van der Waals surface area contributed by atoms with Gasteiger partial charge >= 0.3 is 0 Å². The average molecular weight is 248 g/mol. The summed E-state index contributed by atoms with van der Waals surface area (Å²) in [4.78, 5) is 10.1. The molecule has 1 aliphatic rings. The molecule has 3 nitrogen and oxygen atoms in total. The Balaban J connectivity index is 2.13. The summed E-state index contributed by atoms with van der Waals surface area (Å²) in [6, 6.07) is 9.79. The van der Waals surface area contributed by atoms with Crippen molar-refractivity contribution >= 4 is 18.0 Å². The molecule has 1 aromatic rings. The Morgan fingerprint density at radius 3 is 2.65 bits per heavy atom. The SMILES string of the molecule is O=CC#CSCC1(c2ccccc2)OCCO1. The maximum Gasteiger partial charge on any atom is 0.205 e. The fourth-order valence-corrected chi connectivity index (χ4v) is 2.40. The van der Waals surface area contributed by atoms with Crippen molar-refractivity contribution in [2.75, 3.05) is 19.0 Å². The van der Waals surface area contributed by atoms with E-state index in [0.717, 1.165) is 5.56 Å². The molecule has 17 heavy (non-hydrogen) atoms. The summed E-state index contributed by atoms with van der Waals surface area (Å²) < 4.78 is 11.4. The van der Waals surface area contributed by atoms with Gasteiger partial charge in [-0.2, -0.15) is 0 Å². The molecule has 2 rings (SSSR count). The number of thioether (sulfide) groups is 1. The molecule has 1 saturated heterocycles. The van der Waals surface area contributed by atoms with Crippen molar-refractivity contribution in [3.05, 3.63) is 35.9 Å². The third-order valence-electron chi connectivity index (χ3n) is 2.42. The van der Waals surface area contributed by atoms with Crippen molar-refractivity contribution in [1.29, 1.82) is 0 Å². The number of hydrogen-bond acceptors (Lipinski definition) is 4. The number of hydrogen-bond donors (Lipinski definition) is 0. The van der Waals surface area contributed by atoms with Gasteiger partial charge in [-0.1, -0.05) is 42.1 Å². The lowest BCUT2D eigenvalue weighted by molar-refractivity contribution is -0.145. The van der Waals surface area contributed by atoms with Crippen LogP contribution >= 0.6 is 11.8 Å². The Hall–Kier alpha value is -1.28. The highest BCUT2D eigenvalue weighted by Crippen LogP contribution is 2.34. The van der Waals surface area contributed by atoms with Crippen LogP contribution in [-0.4, -0.2) is 25.3 Å². The highest BCUT2D eigenvalue weighted by Gasteiger charge is 2.38. The van der Waals surface area contributed by atoms with Crippen LogP contribution in [0.15, 0.2) is 30.3 Å². The Morgan fingerprint density at radius 1 is 1.29 bits per heavy atom. The highest BCUT2D eigenvalue weighted by atomic mass is 32.2. The molecule has 0 radical (unpaired) electrons. The van der Waals surface area contributed by atoms with Gasteiger partial charge in [0.2, 0.25) is 5.79 Å². The maximum absolute atomic E-state index is 10.1. The van der Waals surface area contributed by atoms with Crippen molar-refractivity contribution < 1.29 is 14.3 Å². The fraction of sp³-hybridized carbons (Fsp3) is 0.308. The van der Waals surface area contributed by atoms with Gasteiger partial charge in [-0.3, -0.25) is 4.79 Å². The number of carbonyl (C=O) groups is 1. The molecule has 0 bridgehead atoms. The van der Waals surface area contributed by atoms with Crippen LogP contribution in [-0.2, 0) is 20.1 Å². The van der Waals surface area contributed by atoms with Crippen LogP contribution in [0.1, 0.15) is 5.56 Å². The van der Waals surface area contributed by atoms with Crippen molar-refractivity contribution in [2.45, 2.75) is 5.79 Å². The van der Waals surface area contributed by atoms with Crippen LogP contribution in [0.3, 0.4) is 0 Å². The number of aldehydes is 1. The Bertz CT molecular complexity index is 427. The molecule has 1 heterocycles. The predicted octanol–water partition coefficient (Wildman–Crippen LogP) is 1.78. The van der Waals surface area contributed by atoms with Gasteiger partial charge < -0.3 is 9.47 Å². The molecule has 0 N–H and O–H groups in total. The summed E-state index contributed by atoms with van der Waals surface area (Å²) in [7, 11) is 0. The number of benzene rings is 1. The first-order valence-corrected chi connectivity index (χ1v) is 6.25. The third-order valence-corrected chi connectivity index (χ3v) is 3.21. The first kappa shape index (κ1) is 12.2. The summed E-state index contributed by atoms with van der Waals surface area (Å²) >= 11 is 1.33. The Kier molecular flexibility index (Phi) is 4.21.